The molecule has 126 valence electrons. The average molecular weight is 330 g/mol. The van der Waals surface area contributed by atoms with Crippen LogP contribution in [0, 0.1) is 0 Å². The minimum Gasteiger partial charge on any atom is -0.383 e. The van der Waals surface area contributed by atoms with E-state index in [4.69, 9.17) is 9.47 Å². The second kappa shape index (κ2) is 9.22. The van der Waals surface area contributed by atoms with E-state index in [0.29, 0.717) is 24.7 Å². The first-order valence-electron chi connectivity index (χ1n) is 7.13. The number of rotatable bonds is 10. The third-order valence-electron chi connectivity index (χ3n) is 3.31. The van der Waals surface area contributed by atoms with Gasteiger partial charge in [-0.05, 0) is 17.7 Å². The van der Waals surface area contributed by atoms with Gasteiger partial charge in [-0.3, -0.25) is 4.90 Å². The monoisotopic (exact) mass is 330 g/mol. The third-order valence-corrected chi connectivity index (χ3v) is 5.12. The number of benzene rings is 1. The summed E-state index contributed by atoms with van der Waals surface area (Å²) in [5.74, 6) is 0. The number of nitrogens with zero attached hydrogens (tertiary/aromatic N) is 2. The van der Waals surface area contributed by atoms with E-state index in [9.17, 15) is 8.42 Å². The second-order valence-corrected chi connectivity index (χ2v) is 7.35. The van der Waals surface area contributed by atoms with Crippen LogP contribution in [0.1, 0.15) is 5.56 Å². The van der Waals surface area contributed by atoms with Gasteiger partial charge in [0.05, 0.1) is 18.1 Å². The maximum atomic E-state index is 12.2. The molecule has 0 heterocycles. The van der Waals surface area contributed by atoms with Crippen LogP contribution in [0.15, 0.2) is 29.2 Å². The largest absolute Gasteiger partial charge is 0.383 e. The molecule has 1 aromatic rings. The Hall–Kier alpha value is -0.990. The van der Waals surface area contributed by atoms with E-state index >= 15 is 0 Å². The average Bonchev–Trinajstić information content (AvgIpc) is 2.50. The summed E-state index contributed by atoms with van der Waals surface area (Å²) in [6, 6.07) is 7.05. The molecule has 6 nitrogen and oxygen atoms in total. The van der Waals surface area contributed by atoms with Crippen molar-refractivity contribution < 1.29 is 17.9 Å². The van der Waals surface area contributed by atoms with Crippen LogP contribution in [0.2, 0.25) is 0 Å². The van der Waals surface area contributed by atoms with Crippen LogP contribution in [0.25, 0.3) is 0 Å². The molecule has 22 heavy (non-hydrogen) atoms. The van der Waals surface area contributed by atoms with Crippen molar-refractivity contribution in [1.29, 1.82) is 0 Å². The van der Waals surface area contributed by atoms with E-state index in [1.54, 1.807) is 32.4 Å². The number of sulfonamides is 1. The Morgan fingerprint density at radius 2 is 1.64 bits per heavy atom. The second-order valence-electron chi connectivity index (χ2n) is 5.20. The SMILES string of the molecule is COCCN(CCOC)Cc1cccc(S(=O)(=O)N(C)C)c1. The first kappa shape index (κ1) is 19.1. The molecule has 7 heteroatoms. The van der Waals surface area contributed by atoms with E-state index < -0.39 is 10.0 Å². The lowest BCUT2D eigenvalue weighted by molar-refractivity contribution is 0.110. The normalized spacial score (nSPS) is 12.3. The van der Waals surface area contributed by atoms with Crippen LogP contribution in [0.3, 0.4) is 0 Å². The molecule has 0 saturated carbocycles. The fourth-order valence-electron chi connectivity index (χ4n) is 1.98. The van der Waals surface area contributed by atoms with Crippen molar-refractivity contribution in [3.05, 3.63) is 29.8 Å². The zero-order valence-electron chi connectivity index (χ0n) is 13.8. The van der Waals surface area contributed by atoms with Gasteiger partial charge >= 0.3 is 0 Å². The van der Waals surface area contributed by atoms with Gasteiger partial charge in [0.2, 0.25) is 10.0 Å². The summed E-state index contributed by atoms with van der Waals surface area (Å²) in [6.45, 7) is 3.44. The Labute approximate surface area is 133 Å². The molecule has 1 aromatic carbocycles. The molecule has 0 N–H and O–H groups in total. The smallest absolute Gasteiger partial charge is 0.242 e. The van der Waals surface area contributed by atoms with Crippen LogP contribution >= 0.6 is 0 Å². The molecule has 1 rings (SSSR count). The molecule has 0 aliphatic carbocycles. The fourth-order valence-corrected chi connectivity index (χ4v) is 2.96. The Morgan fingerprint density at radius 3 is 2.14 bits per heavy atom. The van der Waals surface area contributed by atoms with Gasteiger partial charge < -0.3 is 9.47 Å². The van der Waals surface area contributed by atoms with Crippen molar-refractivity contribution in [2.75, 3.05) is 54.6 Å². The molecule has 0 amide bonds. The van der Waals surface area contributed by atoms with Crippen LogP contribution in [-0.2, 0) is 26.0 Å². The molecule has 0 fully saturated rings. The van der Waals surface area contributed by atoms with Crippen molar-refractivity contribution >= 4 is 10.0 Å². The van der Waals surface area contributed by atoms with Crippen LogP contribution in [-0.4, -0.2) is 72.2 Å². The summed E-state index contributed by atoms with van der Waals surface area (Å²) in [6.07, 6.45) is 0. The Balaban J connectivity index is 2.86. The maximum Gasteiger partial charge on any atom is 0.242 e. The molecule has 0 aromatic heterocycles. The van der Waals surface area contributed by atoms with E-state index in [0.717, 1.165) is 18.7 Å². The van der Waals surface area contributed by atoms with Crippen LogP contribution in [0.5, 0.6) is 0 Å². The van der Waals surface area contributed by atoms with E-state index in [2.05, 4.69) is 4.90 Å². The highest BCUT2D eigenvalue weighted by atomic mass is 32.2. The van der Waals surface area contributed by atoms with Crippen LogP contribution in [0.4, 0.5) is 0 Å². The predicted molar refractivity (Wildman–Crippen MR) is 86.3 cm³/mol. The van der Waals surface area contributed by atoms with Crippen molar-refractivity contribution in [2.24, 2.45) is 0 Å². The predicted octanol–water partition coefficient (Wildman–Crippen LogP) is 1.03. The lowest BCUT2D eigenvalue weighted by Gasteiger charge is -2.22. The summed E-state index contributed by atoms with van der Waals surface area (Å²) in [5.41, 5.74) is 0.954. The first-order chi connectivity index (χ1) is 10.4. The lowest BCUT2D eigenvalue weighted by atomic mass is 10.2. The van der Waals surface area contributed by atoms with Gasteiger partial charge in [-0.1, -0.05) is 12.1 Å². The lowest BCUT2D eigenvalue weighted by Crippen LogP contribution is -2.30. The topological polar surface area (TPSA) is 59.1 Å². The zero-order chi connectivity index (χ0) is 16.6. The molecular weight excluding hydrogens is 304 g/mol. The molecule has 0 radical (unpaired) electrons. The van der Waals surface area contributed by atoms with Crippen molar-refractivity contribution in [3.8, 4) is 0 Å². The summed E-state index contributed by atoms with van der Waals surface area (Å²) >= 11 is 0. The number of ether oxygens (including phenoxy) is 2. The highest BCUT2D eigenvalue weighted by molar-refractivity contribution is 7.89. The van der Waals surface area contributed by atoms with Gasteiger partial charge in [0, 0.05) is 47.9 Å². The molecule has 0 atom stereocenters. The zero-order valence-corrected chi connectivity index (χ0v) is 14.6. The standard InChI is InChI=1S/C15H26N2O4S/c1-16(2)22(18,19)15-7-5-6-14(12-15)13-17(8-10-20-3)9-11-21-4/h5-7,12H,8-11,13H2,1-4H3. The van der Waals surface area contributed by atoms with Crippen molar-refractivity contribution in [1.82, 2.24) is 9.21 Å². The molecule has 0 unspecified atom stereocenters. The van der Waals surface area contributed by atoms with Crippen LogP contribution < -0.4 is 0 Å². The van der Waals surface area contributed by atoms with Gasteiger partial charge in [0.25, 0.3) is 0 Å². The molecule has 0 aliphatic heterocycles. The number of hydrogen-bond donors (Lipinski definition) is 0. The molecular formula is C15H26N2O4S. The first-order valence-corrected chi connectivity index (χ1v) is 8.57. The fraction of sp³-hybridized carbons (Fsp3) is 0.600. The van der Waals surface area contributed by atoms with Crippen molar-refractivity contribution in [3.63, 3.8) is 0 Å². The maximum absolute atomic E-state index is 12.2. The minimum atomic E-state index is -3.40. The summed E-state index contributed by atoms with van der Waals surface area (Å²) < 4.78 is 35.8. The molecule has 0 saturated heterocycles. The van der Waals surface area contributed by atoms with Gasteiger partial charge in [-0.25, -0.2) is 12.7 Å². The number of hydrogen-bond acceptors (Lipinski definition) is 5. The molecule has 0 spiro atoms. The molecule has 0 bridgehead atoms. The Kier molecular flexibility index (Phi) is 7.98. The Bertz CT molecular complexity index is 538. The summed E-state index contributed by atoms with van der Waals surface area (Å²) in [5, 5.41) is 0. The quantitative estimate of drug-likeness (QED) is 0.641. The van der Waals surface area contributed by atoms with Gasteiger partial charge in [0.1, 0.15) is 0 Å². The number of methoxy groups -OCH3 is 2. The van der Waals surface area contributed by atoms with E-state index in [1.807, 2.05) is 6.07 Å². The molecule has 0 aliphatic rings. The summed E-state index contributed by atoms with van der Waals surface area (Å²) in [7, 11) is 2.99. The summed E-state index contributed by atoms with van der Waals surface area (Å²) in [4.78, 5) is 2.49. The van der Waals surface area contributed by atoms with Crippen molar-refractivity contribution in [2.45, 2.75) is 11.4 Å². The van der Waals surface area contributed by atoms with E-state index in [-0.39, 0.29) is 0 Å². The van der Waals surface area contributed by atoms with E-state index in [1.165, 1.54) is 18.4 Å². The highest BCUT2D eigenvalue weighted by Crippen LogP contribution is 2.16. The van der Waals surface area contributed by atoms with Gasteiger partial charge in [0.15, 0.2) is 0 Å². The van der Waals surface area contributed by atoms with Gasteiger partial charge in [-0.15, -0.1) is 0 Å². The minimum absolute atomic E-state index is 0.313. The third kappa shape index (κ3) is 5.66. The highest BCUT2D eigenvalue weighted by Gasteiger charge is 2.17. The Morgan fingerprint density at radius 1 is 1.05 bits per heavy atom. The van der Waals surface area contributed by atoms with Gasteiger partial charge in [-0.2, -0.15) is 0 Å².